The Morgan fingerprint density at radius 3 is 2.40 bits per heavy atom. The van der Waals surface area contributed by atoms with E-state index in [2.05, 4.69) is 35.9 Å². The summed E-state index contributed by atoms with van der Waals surface area (Å²) in [5, 5.41) is 16.4. The van der Waals surface area contributed by atoms with E-state index in [1.165, 1.54) is 12.1 Å². The average Bonchev–Trinajstić information content (AvgIpc) is 3.47. The fraction of sp³-hybridized carbons (Fsp3) is 0.182. The number of amides is 1. The molecular formula is C22H14ClF4N7O. The van der Waals surface area contributed by atoms with Crippen molar-refractivity contribution in [3.05, 3.63) is 71.0 Å². The first-order valence-electron chi connectivity index (χ1n) is 10.2. The quantitative estimate of drug-likeness (QED) is 0.378. The van der Waals surface area contributed by atoms with Gasteiger partial charge in [-0.3, -0.25) is 4.79 Å². The number of anilines is 1. The molecule has 1 aliphatic rings. The van der Waals surface area contributed by atoms with Crippen molar-refractivity contribution in [3.63, 3.8) is 0 Å². The molecule has 1 aliphatic carbocycles. The number of nitrogens with zero attached hydrogens (tertiary/aromatic N) is 5. The van der Waals surface area contributed by atoms with Crippen molar-refractivity contribution in [1.29, 1.82) is 0 Å². The molecule has 8 nitrogen and oxygen atoms in total. The lowest BCUT2D eigenvalue weighted by molar-refractivity contribution is -0.145. The van der Waals surface area contributed by atoms with Gasteiger partial charge in [0.05, 0.1) is 10.4 Å². The van der Waals surface area contributed by atoms with E-state index in [9.17, 15) is 22.4 Å². The van der Waals surface area contributed by atoms with Crippen molar-refractivity contribution < 1.29 is 22.4 Å². The fourth-order valence-corrected chi connectivity index (χ4v) is 3.89. The van der Waals surface area contributed by atoms with Crippen LogP contribution >= 0.6 is 11.6 Å². The van der Waals surface area contributed by atoms with Gasteiger partial charge in [-0.25, -0.2) is 19.5 Å². The van der Waals surface area contributed by atoms with Crippen LogP contribution < -0.4 is 5.32 Å². The van der Waals surface area contributed by atoms with Crippen LogP contribution in [0.3, 0.4) is 0 Å². The summed E-state index contributed by atoms with van der Waals surface area (Å²) in [5.41, 5.74) is 1.17. The highest BCUT2D eigenvalue weighted by Crippen LogP contribution is 2.49. The summed E-state index contributed by atoms with van der Waals surface area (Å²) >= 11 is 5.76. The maximum atomic E-state index is 14.0. The molecule has 35 heavy (non-hydrogen) atoms. The first kappa shape index (κ1) is 22.8. The van der Waals surface area contributed by atoms with Crippen LogP contribution in [0.15, 0.2) is 48.8 Å². The fourth-order valence-electron chi connectivity index (χ4n) is 3.77. The second-order valence-electron chi connectivity index (χ2n) is 7.97. The number of tetrazole rings is 1. The molecule has 1 saturated carbocycles. The van der Waals surface area contributed by atoms with Gasteiger partial charge in [0.2, 0.25) is 11.7 Å². The van der Waals surface area contributed by atoms with E-state index in [0.717, 1.165) is 12.4 Å². The number of hydrogen-bond donors (Lipinski definition) is 2. The molecule has 0 spiro atoms. The first-order chi connectivity index (χ1) is 16.7. The zero-order chi connectivity index (χ0) is 24.8. The molecule has 2 aromatic heterocycles. The molecule has 2 N–H and O–H groups in total. The van der Waals surface area contributed by atoms with Gasteiger partial charge < -0.3 is 5.32 Å². The summed E-state index contributed by atoms with van der Waals surface area (Å²) in [5.74, 6) is -1.98. The third-order valence-electron chi connectivity index (χ3n) is 5.75. The van der Waals surface area contributed by atoms with E-state index in [0.29, 0.717) is 35.2 Å². The Bertz CT molecular complexity index is 1400. The first-order valence-corrected chi connectivity index (χ1v) is 10.6. The van der Waals surface area contributed by atoms with Crippen molar-refractivity contribution in [2.24, 2.45) is 0 Å². The SMILES string of the molecule is O=C(Nc1ccc(-c2cnc(C(F)(F)F)nc2)c(-c2nnn[nH]2)c1)C1(c2ccc(Cl)c(F)c2)CC1. The van der Waals surface area contributed by atoms with Gasteiger partial charge in [0.15, 0.2) is 5.82 Å². The molecule has 1 amide bonds. The highest BCUT2D eigenvalue weighted by molar-refractivity contribution is 6.30. The van der Waals surface area contributed by atoms with Crippen LogP contribution in [0.25, 0.3) is 22.5 Å². The maximum Gasteiger partial charge on any atom is 0.451 e. The molecule has 1 fully saturated rings. The molecule has 2 aromatic carbocycles. The number of nitrogens with one attached hydrogen (secondary N) is 2. The predicted octanol–water partition coefficient (Wildman–Crippen LogP) is 4.81. The lowest BCUT2D eigenvalue weighted by atomic mass is 9.94. The molecule has 0 saturated heterocycles. The van der Waals surface area contributed by atoms with Crippen LogP contribution in [0, 0.1) is 5.82 Å². The molecule has 0 radical (unpaired) electrons. The molecule has 0 aliphatic heterocycles. The van der Waals surface area contributed by atoms with Crippen LogP contribution in [-0.4, -0.2) is 36.5 Å². The highest BCUT2D eigenvalue weighted by Gasteiger charge is 2.51. The summed E-state index contributed by atoms with van der Waals surface area (Å²) in [7, 11) is 0. The third-order valence-corrected chi connectivity index (χ3v) is 6.06. The number of carbonyl (C=O) groups excluding carboxylic acids is 1. The standard InChI is InChI=1S/C22H14ClF4N7O/c23-16-4-1-12(7-17(16)24)21(5-6-21)20(35)30-13-2-3-14(15(8-13)18-31-33-34-32-18)11-9-28-19(29-10-11)22(25,26)27/h1-4,7-10H,5-6H2,(H,30,35)(H,31,32,33,34). The third kappa shape index (κ3) is 4.32. The number of alkyl halides is 3. The minimum Gasteiger partial charge on any atom is -0.325 e. The Hall–Kier alpha value is -3.93. The van der Waals surface area contributed by atoms with E-state index < -0.39 is 23.2 Å². The van der Waals surface area contributed by atoms with Crippen LogP contribution in [-0.2, 0) is 16.4 Å². The normalized spacial score (nSPS) is 14.5. The Morgan fingerprint density at radius 2 is 1.80 bits per heavy atom. The van der Waals surface area contributed by atoms with Crippen molar-refractivity contribution in [1.82, 2.24) is 30.6 Å². The van der Waals surface area contributed by atoms with Crippen molar-refractivity contribution in [3.8, 4) is 22.5 Å². The number of benzene rings is 2. The van der Waals surface area contributed by atoms with E-state index in [1.54, 1.807) is 24.3 Å². The topological polar surface area (TPSA) is 109 Å². The van der Waals surface area contributed by atoms with Gasteiger partial charge in [-0.1, -0.05) is 23.7 Å². The molecule has 178 valence electrons. The molecule has 0 atom stereocenters. The monoisotopic (exact) mass is 503 g/mol. The van der Waals surface area contributed by atoms with Gasteiger partial charge in [0.25, 0.3) is 0 Å². The van der Waals surface area contributed by atoms with E-state index in [4.69, 9.17) is 11.6 Å². The second kappa shape index (κ2) is 8.38. The summed E-state index contributed by atoms with van der Waals surface area (Å²) in [6, 6.07) is 9.03. The minimum atomic E-state index is -4.67. The number of aromatic amines is 1. The van der Waals surface area contributed by atoms with Gasteiger partial charge in [-0.2, -0.15) is 13.2 Å². The average molecular weight is 504 g/mol. The van der Waals surface area contributed by atoms with Crippen molar-refractivity contribution in [2.75, 3.05) is 5.32 Å². The lowest BCUT2D eigenvalue weighted by Gasteiger charge is -2.17. The van der Waals surface area contributed by atoms with Crippen LogP contribution in [0.1, 0.15) is 24.2 Å². The Labute approximate surface area is 199 Å². The maximum absolute atomic E-state index is 14.0. The molecule has 5 rings (SSSR count). The van der Waals surface area contributed by atoms with Gasteiger partial charge in [-0.05, 0) is 58.7 Å². The van der Waals surface area contributed by atoms with Crippen LogP contribution in [0.5, 0.6) is 0 Å². The number of hydrogen-bond acceptors (Lipinski definition) is 6. The van der Waals surface area contributed by atoms with Gasteiger partial charge >= 0.3 is 6.18 Å². The van der Waals surface area contributed by atoms with Crippen LogP contribution in [0.4, 0.5) is 23.2 Å². The Morgan fingerprint density at radius 1 is 1.06 bits per heavy atom. The Kier molecular flexibility index (Phi) is 5.47. The molecule has 4 aromatic rings. The smallest absolute Gasteiger partial charge is 0.325 e. The Balaban J connectivity index is 1.47. The van der Waals surface area contributed by atoms with Gasteiger partial charge in [0, 0.05) is 29.2 Å². The number of carbonyl (C=O) groups is 1. The summed E-state index contributed by atoms with van der Waals surface area (Å²) in [4.78, 5) is 19.9. The molecule has 13 heteroatoms. The summed E-state index contributed by atoms with van der Waals surface area (Å²) < 4.78 is 52.5. The minimum absolute atomic E-state index is 0.0295. The van der Waals surface area contributed by atoms with Crippen molar-refractivity contribution in [2.45, 2.75) is 24.4 Å². The van der Waals surface area contributed by atoms with E-state index >= 15 is 0 Å². The molecule has 0 bridgehead atoms. The predicted molar refractivity (Wildman–Crippen MR) is 117 cm³/mol. The van der Waals surface area contributed by atoms with E-state index in [1.807, 2.05) is 0 Å². The summed E-state index contributed by atoms with van der Waals surface area (Å²) in [6.45, 7) is 0. The zero-order valence-electron chi connectivity index (χ0n) is 17.6. The number of aromatic nitrogens is 6. The zero-order valence-corrected chi connectivity index (χ0v) is 18.3. The molecule has 2 heterocycles. The van der Waals surface area contributed by atoms with Gasteiger partial charge in [-0.15, -0.1) is 5.10 Å². The second-order valence-corrected chi connectivity index (χ2v) is 8.38. The van der Waals surface area contributed by atoms with Crippen molar-refractivity contribution >= 4 is 23.2 Å². The largest absolute Gasteiger partial charge is 0.451 e. The van der Waals surface area contributed by atoms with E-state index in [-0.39, 0.29) is 22.3 Å². The summed E-state index contributed by atoms with van der Waals surface area (Å²) in [6.07, 6.45) is -1.49. The number of rotatable bonds is 5. The molecule has 0 unspecified atom stereocenters. The van der Waals surface area contributed by atoms with Gasteiger partial charge in [0.1, 0.15) is 5.82 Å². The molecular weight excluding hydrogens is 490 g/mol. The highest BCUT2D eigenvalue weighted by atomic mass is 35.5. The number of halogens is 5. The lowest BCUT2D eigenvalue weighted by Crippen LogP contribution is -2.28. The number of H-pyrrole nitrogens is 1. The van der Waals surface area contributed by atoms with Crippen LogP contribution in [0.2, 0.25) is 5.02 Å².